The van der Waals surface area contributed by atoms with E-state index < -0.39 is 16.9 Å². The van der Waals surface area contributed by atoms with E-state index in [0.29, 0.717) is 6.29 Å². The fourth-order valence-electron chi connectivity index (χ4n) is 0.881. The van der Waals surface area contributed by atoms with E-state index >= 15 is 0 Å². The van der Waals surface area contributed by atoms with Gasteiger partial charge in [0.15, 0.2) is 0 Å². The Morgan fingerprint density at radius 3 is 2.69 bits per heavy atom. The summed E-state index contributed by atoms with van der Waals surface area (Å²) in [5, 5.41) is 0. The van der Waals surface area contributed by atoms with Gasteiger partial charge in [0, 0.05) is 11.3 Å². The van der Waals surface area contributed by atoms with Crippen molar-refractivity contribution in [3.05, 3.63) is 35.1 Å². The molecule has 3 nitrogen and oxygen atoms in total. The summed E-state index contributed by atoms with van der Waals surface area (Å²) in [6, 6.07) is 3.67. The minimum absolute atomic E-state index is 0.0685. The van der Waals surface area contributed by atoms with Crippen molar-refractivity contribution in [2.45, 2.75) is 5.75 Å². The number of carbonyl (C=O) groups is 1. The molecule has 0 aromatic heterocycles. The third-order valence-corrected chi connectivity index (χ3v) is 2.03. The van der Waals surface area contributed by atoms with Crippen molar-refractivity contribution in [1.82, 2.24) is 0 Å². The van der Waals surface area contributed by atoms with Gasteiger partial charge in [0.05, 0.1) is 0 Å². The maximum absolute atomic E-state index is 13.0. The Morgan fingerprint density at radius 1 is 1.54 bits per heavy atom. The van der Waals surface area contributed by atoms with Gasteiger partial charge in [-0.15, -0.1) is 0 Å². The molecule has 13 heavy (non-hydrogen) atoms. The monoisotopic (exact) mass is 201 g/mol. The number of hydrogen-bond acceptors (Lipinski definition) is 3. The van der Waals surface area contributed by atoms with Gasteiger partial charge >= 0.3 is 0 Å². The smallest absolute Gasteiger partial charge is 0.150 e. The maximum atomic E-state index is 13.0. The van der Waals surface area contributed by atoms with Crippen molar-refractivity contribution in [3.8, 4) is 0 Å². The summed E-state index contributed by atoms with van der Waals surface area (Å²) in [6.07, 6.45) is 0.501. The standard InChI is InChI=1S/C8H7FO3S/c9-8-3-6(4-10)1-2-7(8)5-13(11)12/h1-4H,5H2,(H,11,12)/p-1. The third kappa shape index (κ3) is 2.71. The van der Waals surface area contributed by atoms with Crippen LogP contribution in [0.15, 0.2) is 18.2 Å². The molecular weight excluding hydrogens is 195 g/mol. The van der Waals surface area contributed by atoms with Crippen LogP contribution in [0.3, 0.4) is 0 Å². The molecule has 1 aromatic carbocycles. The molecule has 0 fully saturated rings. The van der Waals surface area contributed by atoms with Gasteiger partial charge < -0.3 is 4.55 Å². The van der Waals surface area contributed by atoms with Gasteiger partial charge in [-0.05, 0) is 11.6 Å². The number of rotatable bonds is 3. The molecule has 0 amide bonds. The molecule has 0 spiro atoms. The predicted molar refractivity (Wildman–Crippen MR) is 44.4 cm³/mol. The highest BCUT2D eigenvalue weighted by molar-refractivity contribution is 7.78. The average Bonchev–Trinajstić information content (AvgIpc) is 2.08. The summed E-state index contributed by atoms with van der Waals surface area (Å²) in [4.78, 5) is 10.2. The molecule has 0 aliphatic heterocycles. The second-order valence-corrected chi connectivity index (χ2v) is 3.31. The van der Waals surface area contributed by atoms with Gasteiger partial charge in [-0.1, -0.05) is 23.2 Å². The predicted octanol–water partition coefficient (Wildman–Crippen LogP) is 1.02. The van der Waals surface area contributed by atoms with Crippen molar-refractivity contribution in [2.75, 3.05) is 0 Å². The molecule has 0 radical (unpaired) electrons. The van der Waals surface area contributed by atoms with Gasteiger partial charge in [-0.2, -0.15) is 0 Å². The van der Waals surface area contributed by atoms with E-state index in [0.717, 1.165) is 6.07 Å². The van der Waals surface area contributed by atoms with Crippen molar-refractivity contribution in [1.29, 1.82) is 0 Å². The number of halogens is 1. The van der Waals surface area contributed by atoms with E-state index in [2.05, 4.69) is 0 Å². The van der Waals surface area contributed by atoms with Gasteiger partial charge in [0.25, 0.3) is 0 Å². The van der Waals surface area contributed by atoms with Crippen LogP contribution in [0.4, 0.5) is 4.39 Å². The largest absolute Gasteiger partial charge is 0.772 e. The lowest BCUT2D eigenvalue weighted by molar-refractivity contribution is 0.112. The Hall–Kier alpha value is -1.07. The molecule has 0 saturated carbocycles. The van der Waals surface area contributed by atoms with Crippen LogP contribution in [0.25, 0.3) is 0 Å². The highest BCUT2D eigenvalue weighted by Gasteiger charge is 2.02. The molecular formula is C8H6FO3S-. The number of carbonyl (C=O) groups excluding carboxylic acids is 1. The maximum Gasteiger partial charge on any atom is 0.150 e. The van der Waals surface area contributed by atoms with Crippen molar-refractivity contribution in [2.24, 2.45) is 0 Å². The summed E-state index contributed by atoms with van der Waals surface area (Å²) in [6.45, 7) is 0. The van der Waals surface area contributed by atoms with Crippen LogP contribution in [0.1, 0.15) is 15.9 Å². The minimum atomic E-state index is -2.31. The van der Waals surface area contributed by atoms with Crippen molar-refractivity contribution < 1.29 is 17.9 Å². The summed E-state index contributed by atoms with van der Waals surface area (Å²) in [7, 11) is 0. The molecule has 0 heterocycles. The first-order valence-electron chi connectivity index (χ1n) is 3.43. The van der Waals surface area contributed by atoms with Crippen LogP contribution in [0, 0.1) is 5.82 Å². The lowest BCUT2D eigenvalue weighted by Gasteiger charge is -2.05. The van der Waals surface area contributed by atoms with E-state index in [-0.39, 0.29) is 16.9 Å². The van der Waals surface area contributed by atoms with Crippen LogP contribution >= 0.6 is 0 Å². The molecule has 0 aliphatic rings. The summed E-state index contributed by atoms with van der Waals surface area (Å²) in [5.41, 5.74) is 0.261. The van der Waals surface area contributed by atoms with Gasteiger partial charge in [-0.3, -0.25) is 9.00 Å². The Morgan fingerprint density at radius 2 is 2.23 bits per heavy atom. The zero-order valence-corrected chi connectivity index (χ0v) is 7.34. The lowest BCUT2D eigenvalue weighted by Crippen LogP contribution is -1.97. The molecule has 1 rings (SSSR count). The molecule has 1 aromatic rings. The third-order valence-electron chi connectivity index (χ3n) is 1.49. The summed E-state index contributed by atoms with van der Waals surface area (Å²) >= 11 is -2.31. The molecule has 1 unspecified atom stereocenters. The average molecular weight is 201 g/mol. The minimum Gasteiger partial charge on any atom is -0.772 e. The lowest BCUT2D eigenvalue weighted by atomic mass is 10.1. The van der Waals surface area contributed by atoms with Crippen molar-refractivity contribution in [3.63, 3.8) is 0 Å². The van der Waals surface area contributed by atoms with Crippen LogP contribution < -0.4 is 0 Å². The fraction of sp³-hybridized carbons (Fsp3) is 0.125. The highest BCUT2D eigenvalue weighted by atomic mass is 32.2. The van der Waals surface area contributed by atoms with Crippen LogP contribution in [-0.2, 0) is 16.8 Å². The topological polar surface area (TPSA) is 57.2 Å². The zero-order chi connectivity index (χ0) is 9.84. The van der Waals surface area contributed by atoms with Crippen LogP contribution in [0.5, 0.6) is 0 Å². The first-order valence-corrected chi connectivity index (χ1v) is 4.67. The number of aldehydes is 1. The van der Waals surface area contributed by atoms with Gasteiger partial charge in [0.1, 0.15) is 12.1 Å². The number of hydrogen-bond donors (Lipinski definition) is 0. The Kier molecular flexibility index (Phi) is 3.27. The van der Waals surface area contributed by atoms with E-state index in [4.69, 9.17) is 0 Å². The second-order valence-electron chi connectivity index (χ2n) is 2.42. The first-order chi connectivity index (χ1) is 6.13. The quantitative estimate of drug-likeness (QED) is 0.541. The van der Waals surface area contributed by atoms with E-state index in [1.807, 2.05) is 0 Å². The van der Waals surface area contributed by atoms with Gasteiger partial charge in [0.2, 0.25) is 0 Å². The SMILES string of the molecule is O=Cc1ccc(CS(=O)[O-])c(F)c1. The van der Waals surface area contributed by atoms with Crippen LogP contribution in [-0.4, -0.2) is 15.0 Å². The normalized spacial score (nSPS) is 12.5. The van der Waals surface area contributed by atoms with Crippen molar-refractivity contribution >= 4 is 17.4 Å². The Labute approximate surface area is 76.9 Å². The number of benzene rings is 1. The molecule has 5 heteroatoms. The van der Waals surface area contributed by atoms with E-state index in [1.165, 1.54) is 12.1 Å². The molecule has 1 atom stereocenters. The molecule has 0 saturated heterocycles. The molecule has 0 aliphatic carbocycles. The molecule has 0 N–H and O–H groups in total. The second kappa shape index (κ2) is 4.25. The Balaban J connectivity index is 2.98. The van der Waals surface area contributed by atoms with E-state index in [9.17, 15) is 17.9 Å². The fourth-order valence-corrected chi connectivity index (χ4v) is 1.37. The Bertz CT molecular complexity index is 351. The molecule has 0 bridgehead atoms. The van der Waals surface area contributed by atoms with E-state index in [1.54, 1.807) is 0 Å². The highest BCUT2D eigenvalue weighted by Crippen LogP contribution is 2.10. The molecule has 70 valence electrons. The zero-order valence-electron chi connectivity index (χ0n) is 6.53. The summed E-state index contributed by atoms with van der Waals surface area (Å²) in [5.74, 6) is -1.04. The summed E-state index contributed by atoms with van der Waals surface area (Å²) < 4.78 is 33.4. The first kappa shape index (κ1) is 10.0. The van der Waals surface area contributed by atoms with Crippen LogP contribution in [0.2, 0.25) is 0 Å². The van der Waals surface area contributed by atoms with Gasteiger partial charge in [-0.25, -0.2) is 4.39 Å².